The summed E-state index contributed by atoms with van der Waals surface area (Å²) in [6.45, 7) is 3.27. The molecule has 2 N–H and O–H groups in total. The number of ether oxygens (including phenoxy) is 1. The summed E-state index contributed by atoms with van der Waals surface area (Å²) in [5.74, 6) is -6.02. The number of hydrogen-bond donors (Lipinski definition) is 2. The fourth-order valence-corrected chi connectivity index (χ4v) is 6.01. The standard InChI is InChI=1S/C28H28F2N4O2S/c1-16-22(12-11-20-8-7-19(14-32-20)23-6-4-3-5-18(23)13-31)24-17(2)36-25(35)27(24,15-28(16,29)30)34-26(37)33-21-9-10-21/h3-8,11-12,14,16-17,21-22,24H,9-10,15H2,1-2H3,(H2,33,34,37)/b12-11+/t16?,17-,22+,24?,27-/m1/s1. The molecule has 2 unspecified atom stereocenters. The number of cyclic esters (lactones) is 1. The summed E-state index contributed by atoms with van der Waals surface area (Å²) < 4.78 is 36.4. The van der Waals surface area contributed by atoms with Gasteiger partial charge in [0.1, 0.15) is 11.6 Å². The molecule has 0 spiro atoms. The number of nitriles is 1. The van der Waals surface area contributed by atoms with E-state index in [9.17, 15) is 10.1 Å². The van der Waals surface area contributed by atoms with Crippen molar-refractivity contribution in [3.05, 3.63) is 59.9 Å². The molecule has 0 amide bonds. The predicted molar refractivity (Wildman–Crippen MR) is 139 cm³/mol. The zero-order valence-electron chi connectivity index (χ0n) is 20.6. The summed E-state index contributed by atoms with van der Waals surface area (Å²) in [5.41, 5.74) is 1.08. The molecule has 3 aliphatic rings. The van der Waals surface area contributed by atoms with Crippen LogP contribution in [0.25, 0.3) is 17.2 Å². The lowest BCUT2D eigenvalue weighted by Gasteiger charge is -2.48. The second-order valence-electron chi connectivity index (χ2n) is 10.3. The molecule has 2 aliphatic carbocycles. The van der Waals surface area contributed by atoms with Crippen LogP contribution < -0.4 is 10.6 Å². The van der Waals surface area contributed by atoms with Gasteiger partial charge in [0.2, 0.25) is 0 Å². The number of nitrogens with zero attached hydrogens (tertiary/aromatic N) is 2. The van der Waals surface area contributed by atoms with E-state index < -0.39 is 47.7 Å². The Hall–Kier alpha value is -3.38. The number of esters is 1. The number of alkyl halides is 2. The van der Waals surface area contributed by atoms with Crippen molar-refractivity contribution in [2.24, 2.45) is 17.8 Å². The van der Waals surface area contributed by atoms with E-state index in [0.29, 0.717) is 11.3 Å². The monoisotopic (exact) mass is 522 g/mol. The maximum Gasteiger partial charge on any atom is 0.332 e. The van der Waals surface area contributed by atoms with Crippen molar-refractivity contribution in [2.75, 3.05) is 0 Å². The molecule has 5 atom stereocenters. The molecule has 192 valence electrons. The molecule has 2 aromatic rings. The Labute approximate surface area is 220 Å². The molecule has 1 aromatic carbocycles. The van der Waals surface area contributed by atoms with Crippen molar-refractivity contribution in [3.63, 3.8) is 0 Å². The van der Waals surface area contributed by atoms with Gasteiger partial charge in [-0.15, -0.1) is 0 Å². The van der Waals surface area contributed by atoms with Gasteiger partial charge < -0.3 is 15.4 Å². The molecular weight excluding hydrogens is 494 g/mol. The van der Waals surface area contributed by atoms with Gasteiger partial charge in [0.25, 0.3) is 5.92 Å². The number of fused-ring (bicyclic) bond motifs is 1. The van der Waals surface area contributed by atoms with Crippen LogP contribution in [-0.4, -0.2) is 39.7 Å². The zero-order valence-corrected chi connectivity index (χ0v) is 21.4. The minimum atomic E-state index is -3.12. The largest absolute Gasteiger partial charge is 0.460 e. The van der Waals surface area contributed by atoms with Crippen LogP contribution in [0.3, 0.4) is 0 Å². The number of carbonyl (C=O) groups is 1. The third kappa shape index (κ3) is 4.71. The lowest BCUT2D eigenvalue weighted by molar-refractivity contribution is -0.157. The van der Waals surface area contributed by atoms with E-state index in [0.717, 1.165) is 24.0 Å². The Morgan fingerprint density at radius 2 is 2.00 bits per heavy atom. The molecule has 2 saturated carbocycles. The van der Waals surface area contributed by atoms with E-state index in [1.54, 1.807) is 43.5 Å². The van der Waals surface area contributed by atoms with Gasteiger partial charge in [-0.1, -0.05) is 37.3 Å². The highest BCUT2D eigenvalue weighted by Gasteiger charge is 2.68. The number of halogens is 2. The van der Waals surface area contributed by atoms with Crippen LogP contribution >= 0.6 is 12.2 Å². The van der Waals surface area contributed by atoms with E-state index >= 15 is 8.78 Å². The average Bonchev–Trinajstić information content (AvgIpc) is 3.65. The second-order valence-corrected chi connectivity index (χ2v) is 10.7. The number of pyridine rings is 1. The third-order valence-electron chi connectivity index (χ3n) is 7.79. The summed E-state index contributed by atoms with van der Waals surface area (Å²) >= 11 is 5.39. The van der Waals surface area contributed by atoms with Crippen molar-refractivity contribution in [2.45, 2.75) is 56.7 Å². The number of thiocarbonyl (C=S) groups is 1. The number of carbonyl (C=O) groups excluding carboxylic acids is 1. The van der Waals surface area contributed by atoms with E-state index in [2.05, 4.69) is 21.7 Å². The maximum absolute atomic E-state index is 15.4. The first kappa shape index (κ1) is 25.3. The SMILES string of the molecule is CC1[C@H](/C=C/c2ccc(-c3ccccc3C#N)cn2)C2[C@@H](C)OC(=O)[C@@]2(NC(=S)NC2CC2)CC1(F)F. The molecule has 5 rings (SSSR count). The quantitative estimate of drug-likeness (QED) is 0.429. The molecule has 1 aliphatic heterocycles. The van der Waals surface area contributed by atoms with Crippen molar-refractivity contribution < 1.29 is 18.3 Å². The van der Waals surface area contributed by atoms with Gasteiger partial charge in [-0.2, -0.15) is 5.26 Å². The van der Waals surface area contributed by atoms with Gasteiger partial charge in [0.15, 0.2) is 5.11 Å². The summed E-state index contributed by atoms with van der Waals surface area (Å²) in [7, 11) is 0. The Morgan fingerprint density at radius 1 is 1.24 bits per heavy atom. The van der Waals surface area contributed by atoms with E-state index in [1.165, 1.54) is 6.92 Å². The van der Waals surface area contributed by atoms with Crippen LogP contribution in [-0.2, 0) is 9.53 Å². The van der Waals surface area contributed by atoms with Crippen LogP contribution in [0.4, 0.5) is 8.78 Å². The molecule has 1 aromatic heterocycles. The van der Waals surface area contributed by atoms with E-state index in [4.69, 9.17) is 17.0 Å². The normalized spacial score (nSPS) is 30.3. The van der Waals surface area contributed by atoms with Crippen molar-refractivity contribution in [3.8, 4) is 17.2 Å². The average molecular weight is 523 g/mol. The number of hydrogen-bond acceptors (Lipinski definition) is 5. The molecular formula is C28H28F2N4O2S. The van der Waals surface area contributed by atoms with Gasteiger partial charge in [0, 0.05) is 41.6 Å². The van der Waals surface area contributed by atoms with Gasteiger partial charge in [-0.25, -0.2) is 13.6 Å². The number of benzene rings is 1. The Kier molecular flexibility index (Phi) is 6.48. The van der Waals surface area contributed by atoms with Crippen LogP contribution in [0.2, 0.25) is 0 Å². The fraction of sp³-hybridized carbons (Fsp3) is 0.429. The lowest BCUT2D eigenvalue weighted by Crippen LogP contribution is -2.67. The van der Waals surface area contributed by atoms with E-state index in [-0.39, 0.29) is 11.2 Å². The van der Waals surface area contributed by atoms with Crippen molar-refractivity contribution in [1.82, 2.24) is 15.6 Å². The van der Waals surface area contributed by atoms with Gasteiger partial charge in [-0.05, 0) is 56.1 Å². The number of aromatic nitrogens is 1. The summed E-state index contributed by atoms with van der Waals surface area (Å²) in [4.78, 5) is 17.5. The predicted octanol–water partition coefficient (Wildman–Crippen LogP) is 4.85. The van der Waals surface area contributed by atoms with Crippen LogP contribution in [0.5, 0.6) is 0 Å². The Morgan fingerprint density at radius 3 is 2.68 bits per heavy atom. The smallest absolute Gasteiger partial charge is 0.332 e. The maximum atomic E-state index is 15.4. The molecule has 9 heteroatoms. The van der Waals surface area contributed by atoms with Gasteiger partial charge >= 0.3 is 5.97 Å². The summed E-state index contributed by atoms with van der Waals surface area (Å²) in [6.07, 6.45) is 5.79. The van der Waals surface area contributed by atoms with E-state index in [1.807, 2.05) is 18.2 Å². The minimum Gasteiger partial charge on any atom is -0.460 e. The number of allylic oxidation sites excluding steroid dienone is 1. The van der Waals surface area contributed by atoms with Gasteiger partial charge in [0.05, 0.1) is 17.3 Å². The number of nitrogens with one attached hydrogen (secondary N) is 2. The highest BCUT2D eigenvalue weighted by Crippen LogP contribution is 2.55. The molecule has 2 heterocycles. The highest BCUT2D eigenvalue weighted by molar-refractivity contribution is 7.80. The first-order valence-electron chi connectivity index (χ1n) is 12.5. The summed E-state index contributed by atoms with van der Waals surface area (Å²) in [5, 5.41) is 15.7. The first-order chi connectivity index (χ1) is 17.6. The topological polar surface area (TPSA) is 87.0 Å². The fourth-order valence-electron chi connectivity index (χ4n) is 5.66. The molecule has 37 heavy (non-hydrogen) atoms. The molecule has 1 saturated heterocycles. The number of rotatable bonds is 5. The second kappa shape index (κ2) is 9.49. The van der Waals surface area contributed by atoms with Crippen LogP contribution in [0.15, 0.2) is 48.7 Å². The molecule has 0 bridgehead atoms. The zero-order chi connectivity index (χ0) is 26.4. The van der Waals surface area contributed by atoms with Gasteiger partial charge in [-0.3, -0.25) is 4.98 Å². The van der Waals surface area contributed by atoms with Crippen molar-refractivity contribution >= 4 is 29.4 Å². The van der Waals surface area contributed by atoms with Crippen LogP contribution in [0, 0.1) is 29.1 Å². The Balaban J connectivity index is 1.43. The van der Waals surface area contributed by atoms with Crippen LogP contribution in [0.1, 0.15) is 44.4 Å². The third-order valence-corrected chi connectivity index (χ3v) is 8.01. The minimum absolute atomic E-state index is 0.210. The first-order valence-corrected chi connectivity index (χ1v) is 12.9. The molecule has 0 radical (unpaired) electrons. The lowest BCUT2D eigenvalue weighted by atomic mass is 9.60. The molecule has 6 nitrogen and oxygen atoms in total. The van der Waals surface area contributed by atoms with Crippen molar-refractivity contribution in [1.29, 1.82) is 5.26 Å². The summed E-state index contributed by atoms with van der Waals surface area (Å²) in [6, 6.07) is 13.3. The Bertz CT molecular complexity index is 1290. The molecule has 3 fully saturated rings. The highest BCUT2D eigenvalue weighted by atomic mass is 32.1.